The summed E-state index contributed by atoms with van der Waals surface area (Å²) in [4.78, 5) is 11.6. The van der Waals surface area contributed by atoms with E-state index in [9.17, 15) is 4.79 Å². The second-order valence-electron chi connectivity index (χ2n) is 3.82. The number of hydrogen-bond donors (Lipinski definition) is 2. The number of ether oxygens (including phenoxy) is 1. The van der Waals surface area contributed by atoms with Gasteiger partial charge in [0.15, 0.2) is 5.82 Å². The second-order valence-corrected chi connectivity index (χ2v) is 3.82. The number of nitrogens with one attached hydrogen (secondary N) is 1. The van der Waals surface area contributed by atoms with Crippen LogP contribution in [0.15, 0.2) is 42.6 Å². The predicted molar refractivity (Wildman–Crippen MR) is 71.6 cm³/mol. The van der Waals surface area contributed by atoms with Crippen molar-refractivity contribution in [1.29, 1.82) is 0 Å². The highest BCUT2D eigenvalue weighted by Gasteiger charge is 2.03. The maximum absolute atomic E-state index is 11.6. The maximum Gasteiger partial charge on any atom is 0.229 e. The van der Waals surface area contributed by atoms with E-state index in [1.54, 1.807) is 42.6 Å². The van der Waals surface area contributed by atoms with Gasteiger partial charge in [-0.25, -0.2) is 0 Å². The molecule has 1 heterocycles. The molecule has 1 aromatic heterocycles. The molecule has 0 aliphatic carbocycles. The topological polar surface area (TPSA) is 90.1 Å². The van der Waals surface area contributed by atoms with Crippen LogP contribution in [0.2, 0.25) is 0 Å². The van der Waals surface area contributed by atoms with Gasteiger partial charge in [0.25, 0.3) is 0 Å². The molecule has 98 valence electrons. The Bertz CT molecular complexity index is 528. The van der Waals surface area contributed by atoms with Gasteiger partial charge < -0.3 is 15.8 Å². The first kappa shape index (κ1) is 12.8. The van der Waals surface area contributed by atoms with Gasteiger partial charge in [-0.1, -0.05) is 0 Å². The number of amides is 1. The highest BCUT2D eigenvalue weighted by molar-refractivity contribution is 5.89. The molecule has 2 rings (SSSR count). The van der Waals surface area contributed by atoms with Gasteiger partial charge in [-0.3, -0.25) is 4.79 Å². The first-order valence-corrected chi connectivity index (χ1v) is 5.80. The van der Waals surface area contributed by atoms with Crippen molar-refractivity contribution in [2.24, 2.45) is 0 Å². The van der Waals surface area contributed by atoms with E-state index in [0.717, 1.165) is 0 Å². The fraction of sp³-hybridized carbons (Fsp3) is 0.154. The lowest BCUT2D eigenvalue weighted by molar-refractivity contribution is -0.116. The Hall–Kier alpha value is -2.63. The van der Waals surface area contributed by atoms with Crippen molar-refractivity contribution in [3.05, 3.63) is 42.6 Å². The molecular formula is C13H14N4O2. The van der Waals surface area contributed by atoms with Crippen LogP contribution in [0.1, 0.15) is 6.42 Å². The smallest absolute Gasteiger partial charge is 0.229 e. The molecular weight excluding hydrogens is 244 g/mol. The van der Waals surface area contributed by atoms with Gasteiger partial charge in [-0.2, -0.15) is 5.10 Å². The van der Waals surface area contributed by atoms with Crippen molar-refractivity contribution in [3.8, 4) is 5.75 Å². The zero-order chi connectivity index (χ0) is 13.5. The molecule has 0 spiro atoms. The molecule has 1 aromatic carbocycles. The van der Waals surface area contributed by atoms with Gasteiger partial charge in [0.05, 0.1) is 13.0 Å². The zero-order valence-electron chi connectivity index (χ0n) is 10.2. The van der Waals surface area contributed by atoms with Crippen LogP contribution in [0.25, 0.3) is 0 Å². The summed E-state index contributed by atoms with van der Waals surface area (Å²) in [5.41, 5.74) is 6.23. The van der Waals surface area contributed by atoms with Gasteiger partial charge in [-0.05, 0) is 36.4 Å². The number of benzene rings is 1. The van der Waals surface area contributed by atoms with Crippen molar-refractivity contribution >= 4 is 17.4 Å². The summed E-state index contributed by atoms with van der Waals surface area (Å²) < 4.78 is 5.42. The third-order valence-corrected chi connectivity index (χ3v) is 2.32. The molecule has 0 aliphatic rings. The highest BCUT2D eigenvalue weighted by Crippen LogP contribution is 2.13. The Labute approximate surface area is 110 Å². The van der Waals surface area contributed by atoms with Crippen LogP contribution < -0.4 is 15.8 Å². The minimum absolute atomic E-state index is 0.170. The van der Waals surface area contributed by atoms with Crippen molar-refractivity contribution in [2.45, 2.75) is 6.42 Å². The van der Waals surface area contributed by atoms with E-state index in [0.29, 0.717) is 17.3 Å². The minimum atomic E-state index is -0.170. The summed E-state index contributed by atoms with van der Waals surface area (Å²) in [7, 11) is 0. The lowest BCUT2D eigenvalue weighted by atomic mass is 10.3. The number of hydrogen-bond acceptors (Lipinski definition) is 5. The lowest BCUT2D eigenvalue weighted by Gasteiger charge is -2.06. The molecule has 1 amide bonds. The molecule has 6 nitrogen and oxygen atoms in total. The summed E-state index contributed by atoms with van der Waals surface area (Å²) >= 11 is 0. The van der Waals surface area contributed by atoms with Crippen molar-refractivity contribution in [1.82, 2.24) is 10.2 Å². The van der Waals surface area contributed by atoms with Gasteiger partial charge >= 0.3 is 0 Å². The number of carbonyl (C=O) groups excluding carboxylic acids is 1. The number of nitrogen functional groups attached to an aromatic ring is 1. The average molecular weight is 258 g/mol. The Morgan fingerprint density at radius 3 is 2.74 bits per heavy atom. The molecule has 2 aromatic rings. The van der Waals surface area contributed by atoms with Gasteiger partial charge in [0.2, 0.25) is 5.91 Å². The second kappa shape index (κ2) is 6.34. The molecule has 0 saturated carbocycles. The van der Waals surface area contributed by atoms with E-state index in [1.807, 2.05) is 0 Å². The predicted octanol–water partition coefficient (Wildman–Crippen LogP) is 1.47. The third kappa shape index (κ3) is 4.27. The lowest BCUT2D eigenvalue weighted by Crippen LogP contribution is -2.16. The van der Waals surface area contributed by atoms with Crippen molar-refractivity contribution in [2.75, 3.05) is 17.7 Å². The summed E-state index contributed by atoms with van der Waals surface area (Å²) in [6, 6.07) is 10.4. The Balaban J connectivity index is 1.74. The van der Waals surface area contributed by atoms with Crippen molar-refractivity contribution in [3.63, 3.8) is 0 Å². The molecule has 0 saturated heterocycles. The van der Waals surface area contributed by atoms with Crippen LogP contribution in [-0.2, 0) is 4.79 Å². The number of aromatic nitrogens is 2. The summed E-state index contributed by atoms with van der Waals surface area (Å²) in [6.45, 7) is 0.288. The molecule has 6 heteroatoms. The summed E-state index contributed by atoms with van der Waals surface area (Å²) in [6.07, 6.45) is 1.78. The highest BCUT2D eigenvalue weighted by atomic mass is 16.5. The first-order valence-electron chi connectivity index (χ1n) is 5.80. The largest absolute Gasteiger partial charge is 0.493 e. The minimum Gasteiger partial charge on any atom is -0.493 e. The SMILES string of the molecule is Nc1ccc(OCCC(=O)Nc2cccnn2)cc1. The molecule has 0 fully saturated rings. The molecule has 0 bridgehead atoms. The van der Waals surface area contributed by atoms with Crippen LogP contribution in [0.5, 0.6) is 5.75 Å². The monoisotopic (exact) mass is 258 g/mol. The van der Waals surface area contributed by atoms with E-state index >= 15 is 0 Å². The molecule has 0 radical (unpaired) electrons. The van der Waals surface area contributed by atoms with Gasteiger partial charge in [0.1, 0.15) is 5.75 Å². The van der Waals surface area contributed by atoms with Crippen LogP contribution in [0.4, 0.5) is 11.5 Å². The summed E-state index contributed by atoms with van der Waals surface area (Å²) in [5, 5.41) is 10.0. The third-order valence-electron chi connectivity index (χ3n) is 2.32. The van der Waals surface area contributed by atoms with Gasteiger partial charge in [-0.15, -0.1) is 5.10 Å². The molecule has 0 atom stereocenters. The maximum atomic E-state index is 11.6. The van der Waals surface area contributed by atoms with Crippen molar-refractivity contribution < 1.29 is 9.53 Å². The van der Waals surface area contributed by atoms with Crippen LogP contribution in [-0.4, -0.2) is 22.7 Å². The van der Waals surface area contributed by atoms with E-state index in [4.69, 9.17) is 10.5 Å². The zero-order valence-corrected chi connectivity index (χ0v) is 10.2. The van der Waals surface area contributed by atoms with Crippen LogP contribution in [0.3, 0.4) is 0 Å². The Morgan fingerprint density at radius 2 is 2.05 bits per heavy atom. The standard InChI is InChI=1S/C13H14N4O2/c14-10-3-5-11(6-4-10)19-9-7-13(18)16-12-2-1-8-15-17-12/h1-6,8H,7,9,14H2,(H,16,17,18). The number of anilines is 2. The number of nitrogens with two attached hydrogens (primary N) is 1. The van der Waals surface area contributed by atoms with Gasteiger partial charge in [0, 0.05) is 11.9 Å². The van der Waals surface area contributed by atoms with Crippen LogP contribution >= 0.6 is 0 Å². The number of rotatable bonds is 5. The molecule has 0 unspecified atom stereocenters. The fourth-order valence-corrected chi connectivity index (χ4v) is 1.40. The Kier molecular flexibility index (Phi) is 4.28. The molecule has 19 heavy (non-hydrogen) atoms. The van der Waals surface area contributed by atoms with Crippen LogP contribution in [0, 0.1) is 0 Å². The fourth-order valence-electron chi connectivity index (χ4n) is 1.40. The van der Waals surface area contributed by atoms with E-state index in [-0.39, 0.29) is 18.9 Å². The normalized spacial score (nSPS) is 9.89. The average Bonchev–Trinajstić information content (AvgIpc) is 2.42. The first-order chi connectivity index (χ1) is 9.24. The Morgan fingerprint density at radius 1 is 1.26 bits per heavy atom. The summed E-state index contributed by atoms with van der Waals surface area (Å²) in [5.74, 6) is 0.942. The number of nitrogens with zero attached hydrogens (tertiary/aromatic N) is 2. The van der Waals surface area contributed by atoms with E-state index in [2.05, 4.69) is 15.5 Å². The van der Waals surface area contributed by atoms with E-state index in [1.165, 1.54) is 0 Å². The molecule has 3 N–H and O–H groups in total. The van der Waals surface area contributed by atoms with E-state index < -0.39 is 0 Å². The quantitative estimate of drug-likeness (QED) is 0.792. The number of carbonyl (C=O) groups is 1. The molecule has 0 aliphatic heterocycles.